The molecule has 0 spiro atoms. The molecule has 0 saturated carbocycles. The van der Waals surface area contributed by atoms with Crippen molar-refractivity contribution < 1.29 is 8.42 Å². The van der Waals surface area contributed by atoms with Gasteiger partial charge in [-0.1, -0.05) is 0 Å². The first-order valence-electron chi connectivity index (χ1n) is 2.83. The van der Waals surface area contributed by atoms with Crippen molar-refractivity contribution in [1.29, 1.82) is 0 Å². The highest BCUT2D eigenvalue weighted by Gasteiger charge is 2.14. The number of nitrogens with zero attached hydrogens (tertiary/aromatic N) is 1. The fourth-order valence-electron chi connectivity index (χ4n) is 0.401. The molecule has 0 heterocycles. The maximum absolute atomic E-state index is 10.8. The Labute approximate surface area is 77.4 Å². The van der Waals surface area contributed by atoms with Crippen molar-refractivity contribution in [3.05, 3.63) is 5.21 Å². The summed E-state index contributed by atoms with van der Waals surface area (Å²) in [7, 11) is -2.70. The van der Waals surface area contributed by atoms with Crippen molar-refractivity contribution in [2.24, 2.45) is 0 Å². The van der Waals surface area contributed by atoms with E-state index in [1.807, 2.05) is 0 Å². The molecule has 0 amide bonds. The maximum atomic E-state index is 10.8. The molecular weight excluding hydrogens is 206 g/mol. The zero-order valence-electron chi connectivity index (χ0n) is 5.97. The van der Waals surface area contributed by atoms with Crippen LogP contribution in [0, 0.1) is 5.21 Å². The van der Waals surface area contributed by atoms with Crippen LogP contribution in [0.15, 0.2) is 0 Å². The molecule has 0 aliphatic heterocycles. The molecule has 0 fully saturated rings. The summed E-state index contributed by atoms with van der Waals surface area (Å²) in [6.07, 6.45) is 0. The Morgan fingerprint density at radius 3 is 2.36 bits per heavy atom. The van der Waals surface area contributed by atoms with Gasteiger partial charge in [-0.25, -0.2) is 8.42 Å². The van der Waals surface area contributed by atoms with Crippen LogP contribution in [-0.2, 0) is 10.0 Å². The second kappa shape index (κ2) is 4.56. The molecule has 7 heteroatoms. The predicted octanol–water partition coefficient (Wildman–Crippen LogP) is -0.0260. The number of rotatable bonds is 4. The zero-order chi connectivity index (χ0) is 9.07. The number of hydrogen-bond acceptors (Lipinski definition) is 5. The Kier molecular flexibility index (Phi) is 4.80. The first kappa shape index (κ1) is 11.6. The van der Waals surface area contributed by atoms with Gasteiger partial charge in [-0.3, -0.25) is 4.47 Å². The molecule has 0 saturated heterocycles. The molecule has 0 aliphatic carbocycles. The van der Waals surface area contributed by atoms with E-state index in [0.717, 1.165) is 7.05 Å². The molecule has 0 aromatic carbocycles. The van der Waals surface area contributed by atoms with Crippen molar-refractivity contribution in [2.45, 2.75) is 5.25 Å². The number of hydrogen-bond donors (Lipinski definition) is 2. The van der Waals surface area contributed by atoms with E-state index in [9.17, 15) is 13.6 Å². The smallest absolute Gasteiger partial charge is 0.203 e. The summed E-state index contributed by atoms with van der Waals surface area (Å²) in [4.78, 5) is 0. The highest BCUT2D eigenvalue weighted by molar-refractivity contribution is 7.91. The van der Waals surface area contributed by atoms with E-state index in [-0.39, 0.29) is 15.5 Å². The number of hydroxylamine groups is 1. The molecule has 0 aromatic heterocycles. The summed E-state index contributed by atoms with van der Waals surface area (Å²) >= 11 is 7.73. The van der Waals surface area contributed by atoms with Gasteiger partial charge in [0.1, 0.15) is 0 Å². The third-order valence-corrected chi connectivity index (χ3v) is 3.95. The van der Waals surface area contributed by atoms with Crippen LogP contribution in [0.4, 0.5) is 0 Å². The van der Waals surface area contributed by atoms with Gasteiger partial charge in [0.15, 0.2) is 0 Å². The Balaban J connectivity index is 4.15. The normalized spacial score (nSPS) is 15.4. The van der Waals surface area contributed by atoms with Crippen LogP contribution in [0.1, 0.15) is 0 Å². The summed E-state index contributed by atoms with van der Waals surface area (Å²) in [6, 6.07) is 0. The lowest BCUT2D eigenvalue weighted by Gasteiger charge is -2.22. The fraction of sp³-hybridized carbons (Fsp3) is 1.00. The molecular formula is C4H10NO3S3-. The van der Waals surface area contributed by atoms with Crippen molar-refractivity contribution in [2.75, 3.05) is 18.6 Å². The van der Waals surface area contributed by atoms with Crippen LogP contribution < -0.4 is 0 Å². The molecule has 0 aromatic rings. The van der Waals surface area contributed by atoms with E-state index in [2.05, 4.69) is 25.3 Å². The second-order valence-corrected chi connectivity index (χ2v) is 5.13. The van der Waals surface area contributed by atoms with Gasteiger partial charge < -0.3 is 5.21 Å². The number of thiol groups is 2. The van der Waals surface area contributed by atoms with E-state index in [1.165, 1.54) is 0 Å². The average Bonchev–Trinajstić information content (AvgIpc) is 1.86. The van der Waals surface area contributed by atoms with Crippen molar-refractivity contribution >= 4 is 35.3 Å². The summed E-state index contributed by atoms with van der Waals surface area (Å²) in [5, 5.41) is 10.00. The minimum atomic E-state index is -3.66. The van der Waals surface area contributed by atoms with Crippen LogP contribution >= 0.6 is 25.3 Å². The van der Waals surface area contributed by atoms with E-state index in [1.54, 1.807) is 0 Å². The van der Waals surface area contributed by atoms with Crippen LogP contribution in [0.25, 0.3) is 0 Å². The Hall–Kier alpha value is 0.570. The monoisotopic (exact) mass is 216 g/mol. The third-order valence-electron chi connectivity index (χ3n) is 1.01. The van der Waals surface area contributed by atoms with E-state index in [4.69, 9.17) is 0 Å². The van der Waals surface area contributed by atoms with Crippen molar-refractivity contribution in [3.63, 3.8) is 0 Å². The Bertz CT molecular complexity index is 201. The van der Waals surface area contributed by atoms with Gasteiger partial charge in [0.05, 0.1) is 5.75 Å². The summed E-state index contributed by atoms with van der Waals surface area (Å²) in [6.45, 7) is 0. The molecule has 4 nitrogen and oxygen atoms in total. The van der Waals surface area contributed by atoms with Gasteiger partial charge in [-0.05, 0) is 7.05 Å². The molecule has 68 valence electrons. The van der Waals surface area contributed by atoms with Crippen LogP contribution in [0.3, 0.4) is 0 Å². The van der Waals surface area contributed by atoms with Gasteiger partial charge >= 0.3 is 0 Å². The van der Waals surface area contributed by atoms with Crippen molar-refractivity contribution in [1.82, 2.24) is 4.47 Å². The van der Waals surface area contributed by atoms with E-state index in [0.29, 0.717) is 5.75 Å². The van der Waals surface area contributed by atoms with Crippen LogP contribution in [0.5, 0.6) is 0 Å². The molecule has 1 atom stereocenters. The lowest BCUT2D eigenvalue weighted by Crippen LogP contribution is -2.28. The highest BCUT2D eigenvalue weighted by atomic mass is 32.2. The molecule has 1 unspecified atom stereocenters. The largest absolute Gasteiger partial charge is 0.772 e. The van der Waals surface area contributed by atoms with E-state index < -0.39 is 10.0 Å². The Morgan fingerprint density at radius 2 is 2.09 bits per heavy atom. The topological polar surface area (TPSA) is 60.4 Å². The molecule has 0 rings (SSSR count). The van der Waals surface area contributed by atoms with Gasteiger partial charge in [0, 0.05) is 11.0 Å². The average molecular weight is 216 g/mol. The fourth-order valence-corrected chi connectivity index (χ4v) is 2.08. The SMILES string of the molecule is CN([O-])S(=O)(=O)CC(S)CS. The quantitative estimate of drug-likeness (QED) is 0.512. The maximum Gasteiger partial charge on any atom is 0.203 e. The highest BCUT2D eigenvalue weighted by Crippen LogP contribution is 2.05. The first-order valence-corrected chi connectivity index (χ1v) is 5.58. The molecule has 11 heavy (non-hydrogen) atoms. The molecule has 0 aliphatic rings. The van der Waals surface area contributed by atoms with Crippen molar-refractivity contribution in [3.8, 4) is 0 Å². The standard InChI is InChI=1S/C4H10NO3S3/c1-5(6)11(7,8)3-4(10)2-9/h4,9-10H,2-3H2,1H3/q-1. The van der Waals surface area contributed by atoms with Gasteiger partial charge in [0.25, 0.3) is 0 Å². The minimum Gasteiger partial charge on any atom is -0.772 e. The molecule has 0 radical (unpaired) electrons. The summed E-state index contributed by atoms with van der Waals surface area (Å²) < 4.78 is 21.6. The third kappa shape index (κ3) is 4.22. The Morgan fingerprint density at radius 1 is 1.64 bits per heavy atom. The van der Waals surface area contributed by atoms with Crippen LogP contribution in [-0.4, -0.2) is 36.7 Å². The van der Waals surface area contributed by atoms with E-state index >= 15 is 0 Å². The van der Waals surface area contributed by atoms with Gasteiger partial charge in [-0.15, -0.1) is 0 Å². The number of sulfonamides is 1. The first-order chi connectivity index (χ1) is 4.90. The second-order valence-electron chi connectivity index (χ2n) is 2.02. The predicted molar refractivity (Wildman–Crippen MR) is 51.5 cm³/mol. The lowest BCUT2D eigenvalue weighted by molar-refractivity contribution is 0.539. The van der Waals surface area contributed by atoms with Gasteiger partial charge in [-0.2, -0.15) is 25.3 Å². The van der Waals surface area contributed by atoms with Crippen LogP contribution in [0.2, 0.25) is 0 Å². The molecule has 0 N–H and O–H groups in total. The lowest BCUT2D eigenvalue weighted by atomic mass is 10.6. The zero-order valence-corrected chi connectivity index (χ0v) is 8.57. The minimum absolute atomic E-state index is 0.0559. The van der Waals surface area contributed by atoms with Gasteiger partial charge in [0.2, 0.25) is 10.0 Å². The molecule has 0 bridgehead atoms. The summed E-state index contributed by atoms with van der Waals surface area (Å²) in [5.41, 5.74) is 0. The summed E-state index contributed by atoms with van der Waals surface area (Å²) in [5.74, 6) is 0.0653.